The van der Waals surface area contributed by atoms with Gasteiger partial charge in [0.05, 0.1) is 16.5 Å². The van der Waals surface area contributed by atoms with Crippen molar-refractivity contribution < 1.29 is 4.52 Å². The third-order valence-corrected chi connectivity index (χ3v) is 7.25. The molecule has 0 saturated carbocycles. The molecule has 3 heterocycles. The fourth-order valence-electron chi connectivity index (χ4n) is 4.05. The number of thiocarbonyl (C=S) groups is 1. The van der Waals surface area contributed by atoms with E-state index in [-0.39, 0.29) is 6.04 Å². The molecule has 1 aliphatic heterocycles. The van der Waals surface area contributed by atoms with E-state index in [1.54, 1.807) is 11.3 Å². The predicted molar refractivity (Wildman–Crippen MR) is 137 cm³/mol. The molecule has 0 aliphatic carbocycles. The largest absolute Gasteiger partial charge is 0.351 e. The Morgan fingerprint density at radius 3 is 2.58 bits per heavy atom. The van der Waals surface area contributed by atoms with Crippen molar-refractivity contribution in [1.82, 2.24) is 20.4 Å². The van der Waals surface area contributed by atoms with Gasteiger partial charge in [-0.25, -0.2) is 0 Å². The molecule has 2 aromatic carbocycles. The molecule has 2 aromatic heterocycles. The zero-order valence-electron chi connectivity index (χ0n) is 18.7. The summed E-state index contributed by atoms with van der Waals surface area (Å²) in [7, 11) is 0. The Morgan fingerprint density at radius 2 is 1.85 bits per heavy atom. The van der Waals surface area contributed by atoms with Gasteiger partial charge in [0.15, 0.2) is 5.11 Å². The van der Waals surface area contributed by atoms with Crippen molar-refractivity contribution in [3.63, 3.8) is 0 Å². The van der Waals surface area contributed by atoms with E-state index in [2.05, 4.69) is 66.5 Å². The minimum atomic E-state index is -0.180. The second-order valence-corrected chi connectivity index (χ2v) is 9.53. The first-order valence-corrected chi connectivity index (χ1v) is 12.1. The molecule has 1 unspecified atom stereocenters. The van der Waals surface area contributed by atoms with Gasteiger partial charge in [0.1, 0.15) is 0 Å². The van der Waals surface area contributed by atoms with Gasteiger partial charge in [0.2, 0.25) is 5.82 Å². The number of aromatic nitrogens is 2. The van der Waals surface area contributed by atoms with Gasteiger partial charge in [-0.2, -0.15) is 4.98 Å². The molecular formula is C26H24N4OS2. The lowest BCUT2D eigenvalue weighted by molar-refractivity contribution is 0.396. The molecule has 0 fully saturated rings. The molecule has 0 bridgehead atoms. The van der Waals surface area contributed by atoms with Gasteiger partial charge in [-0.15, -0.1) is 11.3 Å². The van der Waals surface area contributed by atoms with Crippen LogP contribution < -0.4 is 5.32 Å². The highest BCUT2D eigenvalue weighted by Gasteiger charge is 2.34. The van der Waals surface area contributed by atoms with Crippen LogP contribution in [0.5, 0.6) is 0 Å². The first kappa shape index (κ1) is 21.6. The molecule has 0 spiro atoms. The first-order chi connectivity index (χ1) is 16.0. The standard InChI is InChI=1S/C26H24N4OS2/c1-16-11-12-20(14-17(16)2)23-22(25-28-24(29-31-25)21-10-7-13-33-21)18(3)30(26(32)27-23)15-19-8-5-4-6-9-19/h4-14,23H,15H2,1-3H3,(H,27,32). The number of nitrogens with zero attached hydrogens (tertiary/aromatic N) is 3. The van der Waals surface area contributed by atoms with Gasteiger partial charge in [0, 0.05) is 12.2 Å². The summed E-state index contributed by atoms with van der Waals surface area (Å²) in [5.41, 5.74) is 6.72. The lowest BCUT2D eigenvalue weighted by atomic mass is 9.92. The van der Waals surface area contributed by atoms with Gasteiger partial charge in [-0.05, 0) is 66.7 Å². The minimum Gasteiger partial charge on any atom is -0.351 e. The molecule has 5 nitrogen and oxygen atoms in total. The topological polar surface area (TPSA) is 54.2 Å². The van der Waals surface area contributed by atoms with Crippen LogP contribution in [0.15, 0.2) is 76.3 Å². The number of allylic oxidation sites excluding steroid dienone is 1. The van der Waals surface area contributed by atoms with E-state index in [0.717, 1.165) is 21.7 Å². The Hall–Kier alpha value is -3.29. The Kier molecular flexibility index (Phi) is 5.83. The maximum atomic E-state index is 5.83. The molecule has 0 saturated heterocycles. The number of thiophene rings is 1. The zero-order chi connectivity index (χ0) is 22.9. The molecule has 1 aliphatic rings. The summed E-state index contributed by atoms with van der Waals surface area (Å²) >= 11 is 7.42. The quantitative estimate of drug-likeness (QED) is 0.345. The van der Waals surface area contributed by atoms with E-state index in [4.69, 9.17) is 21.7 Å². The van der Waals surface area contributed by atoms with Crippen LogP contribution in [-0.2, 0) is 6.54 Å². The normalized spacial score (nSPS) is 16.3. The number of benzene rings is 2. The smallest absolute Gasteiger partial charge is 0.258 e. The monoisotopic (exact) mass is 472 g/mol. The highest BCUT2D eigenvalue weighted by molar-refractivity contribution is 7.80. The second-order valence-electron chi connectivity index (χ2n) is 8.20. The van der Waals surface area contributed by atoms with E-state index in [0.29, 0.717) is 23.4 Å². The zero-order valence-corrected chi connectivity index (χ0v) is 20.3. The molecule has 0 amide bonds. The van der Waals surface area contributed by atoms with E-state index in [1.807, 2.05) is 35.7 Å². The van der Waals surface area contributed by atoms with Crippen LogP contribution in [0.3, 0.4) is 0 Å². The summed E-state index contributed by atoms with van der Waals surface area (Å²) < 4.78 is 5.82. The van der Waals surface area contributed by atoms with Crippen LogP contribution in [0.2, 0.25) is 0 Å². The summed E-state index contributed by atoms with van der Waals surface area (Å²) in [6.45, 7) is 6.98. The number of aryl methyl sites for hydroxylation is 2. The van der Waals surface area contributed by atoms with Gasteiger partial charge < -0.3 is 14.7 Å². The molecule has 7 heteroatoms. The number of rotatable bonds is 5. The molecule has 33 heavy (non-hydrogen) atoms. The summed E-state index contributed by atoms with van der Waals surface area (Å²) in [6.07, 6.45) is 0. The molecular weight excluding hydrogens is 448 g/mol. The third kappa shape index (κ3) is 4.21. The van der Waals surface area contributed by atoms with Crippen molar-refractivity contribution in [2.45, 2.75) is 33.4 Å². The highest BCUT2D eigenvalue weighted by Crippen LogP contribution is 2.38. The van der Waals surface area contributed by atoms with Crippen molar-refractivity contribution in [3.05, 3.63) is 99.9 Å². The van der Waals surface area contributed by atoms with Crippen LogP contribution in [0.4, 0.5) is 0 Å². The van der Waals surface area contributed by atoms with Crippen LogP contribution in [0.25, 0.3) is 16.3 Å². The van der Waals surface area contributed by atoms with Crippen molar-refractivity contribution in [2.24, 2.45) is 0 Å². The van der Waals surface area contributed by atoms with Gasteiger partial charge in [-0.3, -0.25) is 0 Å². The fraction of sp³-hybridized carbons (Fsp3) is 0.192. The summed E-state index contributed by atoms with van der Waals surface area (Å²) in [5.74, 6) is 1.11. The van der Waals surface area contributed by atoms with Crippen LogP contribution >= 0.6 is 23.6 Å². The lowest BCUT2D eigenvalue weighted by Crippen LogP contribution is -2.45. The predicted octanol–water partition coefficient (Wildman–Crippen LogP) is 6.28. The maximum Gasteiger partial charge on any atom is 0.258 e. The summed E-state index contributed by atoms with van der Waals surface area (Å²) in [6, 6.07) is 20.6. The number of hydrogen-bond donors (Lipinski definition) is 1. The first-order valence-electron chi connectivity index (χ1n) is 10.8. The molecule has 0 radical (unpaired) electrons. The van der Waals surface area contributed by atoms with Crippen molar-refractivity contribution in [2.75, 3.05) is 0 Å². The highest BCUT2D eigenvalue weighted by atomic mass is 32.1. The third-order valence-electron chi connectivity index (χ3n) is 6.04. The maximum absolute atomic E-state index is 5.83. The second kappa shape index (κ2) is 8.92. The van der Waals surface area contributed by atoms with E-state index in [9.17, 15) is 0 Å². The van der Waals surface area contributed by atoms with Crippen LogP contribution in [0.1, 0.15) is 41.1 Å². The molecule has 1 atom stereocenters. The van der Waals surface area contributed by atoms with Crippen LogP contribution in [-0.4, -0.2) is 20.2 Å². The Labute approximate surface area is 202 Å². The van der Waals surface area contributed by atoms with E-state index >= 15 is 0 Å². The minimum absolute atomic E-state index is 0.180. The van der Waals surface area contributed by atoms with Gasteiger partial charge >= 0.3 is 0 Å². The van der Waals surface area contributed by atoms with Gasteiger partial charge in [-0.1, -0.05) is 59.8 Å². The van der Waals surface area contributed by atoms with Crippen LogP contribution in [0, 0.1) is 13.8 Å². The summed E-state index contributed by atoms with van der Waals surface area (Å²) in [5, 5.41) is 10.5. The van der Waals surface area contributed by atoms with E-state index < -0.39 is 0 Å². The Morgan fingerprint density at radius 1 is 1.03 bits per heavy atom. The average molecular weight is 473 g/mol. The molecule has 1 N–H and O–H groups in total. The average Bonchev–Trinajstić information content (AvgIpc) is 3.51. The van der Waals surface area contributed by atoms with Crippen molar-refractivity contribution in [3.8, 4) is 10.7 Å². The number of nitrogens with one attached hydrogen (secondary N) is 1. The summed E-state index contributed by atoms with van der Waals surface area (Å²) in [4.78, 5) is 7.86. The SMILES string of the molecule is CC1=C(c2nc(-c3cccs3)no2)C(c2ccc(C)c(C)c2)NC(=S)N1Cc1ccccc1. The fourth-order valence-corrected chi connectivity index (χ4v) is 5.02. The molecule has 166 valence electrons. The van der Waals surface area contributed by atoms with E-state index in [1.165, 1.54) is 16.7 Å². The molecule has 5 rings (SSSR count). The molecule has 4 aromatic rings. The van der Waals surface area contributed by atoms with Gasteiger partial charge in [0.25, 0.3) is 5.89 Å². The Bertz CT molecular complexity index is 1330. The lowest BCUT2D eigenvalue weighted by Gasteiger charge is -2.37. The van der Waals surface area contributed by atoms with Crippen molar-refractivity contribution >= 4 is 34.2 Å². The van der Waals surface area contributed by atoms with Crippen molar-refractivity contribution in [1.29, 1.82) is 0 Å². The number of hydrogen-bond acceptors (Lipinski definition) is 5. The Balaban J connectivity index is 1.61.